The Morgan fingerprint density at radius 3 is 2.42 bits per heavy atom. The quantitative estimate of drug-likeness (QED) is 0.861. The lowest BCUT2D eigenvalue weighted by molar-refractivity contribution is -0.127. The van der Waals surface area contributed by atoms with Crippen LogP contribution in [0, 0.1) is 5.92 Å². The molecule has 2 N–H and O–H groups in total. The molecule has 0 atom stereocenters. The summed E-state index contributed by atoms with van der Waals surface area (Å²) in [5.74, 6) is -1.13. The predicted octanol–water partition coefficient (Wildman–Crippen LogP) is 2.35. The van der Waals surface area contributed by atoms with Crippen molar-refractivity contribution < 1.29 is 18.4 Å². The lowest BCUT2D eigenvalue weighted by Gasteiger charge is -2.35. The van der Waals surface area contributed by atoms with Gasteiger partial charge in [-0.1, -0.05) is 26.7 Å². The summed E-state index contributed by atoms with van der Waals surface area (Å²) < 4.78 is 28.2. The first-order valence-electron chi connectivity index (χ1n) is 8.12. The molecule has 1 aromatic heterocycles. The first-order chi connectivity index (χ1) is 11.2. The van der Waals surface area contributed by atoms with E-state index in [0.717, 1.165) is 19.0 Å². The minimum Gasteiger partial charge on any atom is -0.368 e. The summed E-state index contributed by atoms with van der Waals surface area (Å²) in [6.07, 6.45) is 0.784. The van der Waals surface area contributed by atoms with E-state index in [2.05, 4.69) is 5.10 Å². The number of halogens is 2. The average molecular weight is 342 g/mol. The van der Waals surface area contributed by atoms with Crippen LogP contribution in [0.3, 0.4) is 0 Å². The smallest absolute Gasteiger partial charge is 0.280 e. The summed E-state index contributed by atoms with van der Waals surface area (Å²) >= 11 is 0. The van der Waals surface area contributed by atoms with Crippen molar-refractivity contribution in [3.8, 4) is 0 Å². The molecular formula is C16H24F2N4O2. The highest BCUT2D eigenvalue weighted by Gasteiger charge is 2.46. The van der Waals surface area contributed by atoms with Crippen LogP contribution in [0.4, 0.5) is 8.78 Å². The molecule has 0 bridgehead atoms. The number of carbonyl (C=O) groups is 2. The van der Waals surface area contributed by atoms with Gasteiger partial charge in [-0.25, -0.2) is 8.78 Å². The van der Waals surface area contributed by atoms with Crippen molar-refractivity contribution in [3.63, 3.8) is 0 Å². The van der Waals surface area contributed by atoms with Crippen molar-refractivity contribution in [2.45, 2.75) is 58.0 Å². The largest absolute Gasteiger partial charge is 0.368 e. The summed E-state index contributed by atoms with van der Waals surface area (Å²) in [6, 6.07) is 0. The van der Waals surface area contributed by atoms with Gasteiger partial charge in [-0.3, -0.25) is 14.3 Å². The molecule has 1 saturated carbocycles. The van der Waals surface area contributed by atoms with Gasteiger partial charge in [0.15, 0.2) is 0 Å². The summed E-state index contributed by atoms with van der Waals surface area (Å²) in [5.41, 5.74) is 3.85. The Morgan fingerprint density at radius 1 is 1.38 bits per heavy atom. The predicted molar refractivity (Wildman–Crippen MR) is 84.5 cm³/mol. The molecule has 0 aromatic carbocycles. The zero-order valence-corrected chi connectivity index (χ0v) is 14.3. The van der Waals surface area contributed by atoms with Crippen LogP contribution in [0.15, 0.2) is 6.20 Å². The number of amides is 2. The molecule has 0 unspecified atom stereocenters. The van der Waals surface area contributed by atoms with Gasteiger partial charge in [-0.05, 0) is 18.8 Å². The zero-order chi connectivity index (χ0) is 18.1. The molecular weight excluding hydrogens is 318 g/mol. The van der Waals surface area contributed by atoms with E-state index in [1.165, 1.54) is 16.6 Å². The fourth-order valence-electron chi connectivity index (χ4n) is 3.36. The number of likely N-dealkylation sites (N-methyl/N-ethyl adjacent to an activating group) is 1. The summed E-state index contributed by atoms with van der Waals surface area (Å²) in [7, 11) is 1.45. The molecule has 2 rings (SSSR count). The molecule has 0 spiro atoms. The van der Waals surface area contributed by atoms with E-state index < -0.39 is 29.5 Å². The molecule has 8 heteroatoms. The van der Waals surface area contributed by atoms with Crippen molar-refractivity contribution >= 4 is 11.8 Å². The number of hydrogen-bond acceptors (Lipinski definition) is 3. The Hall–Kier alpha value is -1.99. The normalized spacial score (nSPS) is 16.8. The van der Waals surface area contributed by atoms with E-state index in [-0.39, 0.29) is 18.0 Å². The van der Waals surface area contributed by atoms with Gasteiger partial charge in [0.25, 0.3) is 12.3 Å². The van der Waals surface area contributed by atoms with Crippen LogP contribution in [0.25, 0.3) is 0 Å². The van der Waals surface area contributed by atoms with Gasteiger partial charge in [0, 0.05) is 13.6 Å². The summed E-state index contributed by atoms with van der Waals surface area (Å²) in [6.45, 7) is 4.05. The third-order valence-corrected chi connectivity index (χ3v) is 4.69. The van der Waals surface area contributed by atoms with Crippen LogP contribution in [0.2, 0.25) is 0 Å². The van der Waals surface area contributed by atoms with E-state index in [9.17, 15) is 18.4 Å². The minimum atomic E-state index is -2.83. The van der Waals surface area contributed by atoms with E-state index in [1.807, 2.05) is 13.8 Å². The molecule has 24 heavy (non-hydrogen) atoms. The van der Waals surface area contributed by atoms with Crippen LogP contribution >= 0.6 is 0 Å². The van der Waals surface area contributed by atoms with Crippen molar-refractivity contribution in [2.75, 3.05) is 7.05 Å². The maximum absolute atomic E-state index is 13.5. The molecule has 0 aliphatic heterocycles. The van der Waals surface area contributed by atoms with E-state index in [1.54, 1.807) is 0 Å². The Balaban J connectivity index is 2.38. The zero-order valence-electron chi connectivity index (χ0n) is 14.3. The Morgan fingerprint density at radius 2 is 1.96 bits per heavy atom. The van der Waals surface area contributed by atoms with Gasteiger partial charge in [0.05, 0.1) is 11.8 Å². The standard InChI is InChI=1S/C16H24F2N4O2/c1-10(2)9-22-12(13(17)18)11(8-20-22)14(23)21(3)16(15(19)24)6-4-5-7-16/h8,10,13H,4-7,9H2,1-3H3,(H2,19,24). The third-order valence-electron chi connectivity index (χ3n) is 4.69. The summed E-state index contributed by atoms with van der Waals surface area (Å²) in [5, 5.41) is 3.95. The number of aromatic nitrogens is 2. The molecule has 1 aliphatic rings. The molecule has 134 valence electrons. The number of carbonyl (C=O) groups excluding carboxylic acids is 2. The van der Waals surface area contributed by atoms with Crippen molar-refractivity contribution in [3.05, 3.63) is 17.5 Å². The van der Waals surface area contributed by atoms with E-state index in [0.29, 0.717) is 12.8 Å². The van der Waals surface area contributed by atoms with Crippen molar-refractivity contribution in [1.82, 2.24) is 14.7 Å². The highest BCUT2D eigenvalue weighted by molar-refractivity contribution is 5.99. The van der Waals surface area contributed by atoms with Crippen LogP contribution in [-0.2, 0) is 11.3 Å². The maximum atomic E-state index is 13.5. The lowest BCUT2D eigenvalue weighted by Crippen LogP contribution is -2.56. The molecule has 1 heterocycles. The fourth-order valence-corrected chi connectivity index (χ4v) is 3.36. The highest BCUT2D eigenvalue weighted by atomic mass is 19.3. The molecule has 2 amide bonds. The van der Waals surface area contributed by atoms with E-state index >= 15 is 0 Å². The van der Waals surface area contributed by atoms with Crippen molar-refractivity contribution in [1.29, 1.82) is 0 Å². The van der Waals surface area contributed by atoms with Gasteiger partial charge in [0.1, 0.15) is 11.2 Å². The number of primary amides is 1. The topological polar surface area (TPSA) is 81.2 Å². The Kier molecular flexibility index (Phi) is 5.25. The van der Waals surface area contributed by atoms with Gasteiger partial charge in [-0.15, -0.1) is 0 Å². The lowest BCUT2D eigenvalue weighted by atomic mass is 9.94. The average Bonchev–Trinajstić information content (AvgIpc) is 3.12. The molecule has 1 aliphatic carbocycles. The number of rotatable bonds is 6. The van der Waals surface area contributed by atoms with Crippen LogP contribution < -0.4 is 5.73 Å². The maximum Gasteiger partial charge on any atom is 0.280 e. The SMILES string of the molecule is CC(C)Cn1ncc(C(=O)N(C)C2(C(N)=O)CCCC2)c1C(F)F. The van der Waals surface area contributed by atoms with Crippen LogP contribution in [0.1, 0.15) is 62.0 Å². The number of alkyl halides is 2. The highest BCUT2D eigenvalue weighted by Crippen LogP contribution is 2.36. The second-order valence-corrected chi connectivity index (χ2v) is 6.79. The third kappa shape index (κ3) is 3.14. The van der Waals surface area contributed by atoms with E-state index in [4.69, 9.17) is 5.73 Å². The van der Waals surface area contributed by atoms with Crippen molar-refractivity contribution in [2.24, 2.45) is 11.7 Å². The first kappa shape index (κ1) is 18.4. The minimum absolute atomic E-state index is 0.106. The Labute approximate surface area is 140 Å². The molecule has 6 nitrogen and oxygen atoms in total. The second-order valence-electron chi connectivity index (χ2n) is 6.79. The molecule has 1 fully saturated rings. The van der Waals surface area contributed by atoms with Gasteiger partial charge >= 0.3 is 0 Å². The molecule has 0 saturated heterocycles. The van der Waals surface area contributed by atoms with Gasteiger partial charge in [0.2, 0.25) is 5.91 Å². The fraction of sp³-hybridized carbons (Fsp3) is 0.688. The first-order valence-corrected chi connectivity index (χ1v) is 8.12. The number of nitrogens with two attached hydrogens (primary N) is 1. The monoisotopic (exact) mass is 342 g/mol. The number of hydrogen-bond donors (Lipinski definition) is 1. The van der Waals surface area contributed by atoms with Crippen LogP contribution in [0.5, 0.6) is 0 Å². The van der Waals surface area contributed by atoms with Crippen LogP contribution in [-0.4, -0.2) is 39.1 Å². The van der Waals surface area contributed by atoms with Gasteiger partial charge < -0.3 is 10.6 Å². The van der Waals surface area contributed by atoms with Gasteiger partial charge in [-0.2, -0.15) is 5.10 Å². The summed E-state index contributed by atoms with van der Waals surface area (Å²) in [4.78, 5) is 26.0. The molecule has 1 aromatic rings. The molecule has 0 radical (unpaired) electrons. The Bertz CT molecular complexity index is 622. The second kappa shape index (κ2) is 6.86. The number of nitrogens with zero attached hydrogens (tertiary/aromatic N) is 3.